The quantitative estimate of drug-likeness (QED) is 0.437. The van der Waals surface area contributed by atoms with E-state index in [1.54, 1.807) is 0 Å². The fraction of sp³-hybridized carbons (Fsp3) is 0.400. The summed E-state index contributed by atoms with van der Waals surface area (Å²) in [6.45, 7) is 0. The first-order chi connectivity index (χ1) is 6.59. The monoisotopic (exact) mass is 196 g/mol. The molecule has 1 aliphatic carbocycles. The molecule has 0 saturated heterocycles. The van der Waals surface area contributed by atoms with Gasteiger partial charge in [-0.15, -0.1) is 0 Å². The normalized spacial score (nSPS) is 25.9. The Morgan fingerprint density at radius 2 is 1.21 bits per heavy atom. The number of rotatable bonds is 0. The Balaban J connectivity index is 2.50. The largest absolute Gasteiger partial charge is 0.508 e. The molecule has 1 aliphatic rings. The molecule has 4 heteroatoms. The van der Waals surface area contributed by atoms with E-state index in [4.69, 9.17) is 0 Å². The zero-order valence-corrected chi connectivity index (χ0v) is 7.51. The molecule has 14 heavy (non-hydrogen) atoms. The number of aromatic hydroxyl groups is 2. The van der Waals surface area contributed by atoms with Gasteiger partial charge in [-0.25, -0.2) is 0 Å². The molecular formula is C10H12O4. The number of hydrogen-bond acceptors (Lipinski definition) is 4. The minimum atomic E-state index is -0.866. The molecule has 0 bridgehead atoms. The Bertz CT molecular complexity index is 326. The maximum atomic E-state index is 9.48. The molecule has 4 N–H and O–H groups in total. The third-order valence-corrected chi connectivity index (χ3v) is 2.65. The smallest absolute Gasteiger partial charge is 0.119 e. The van der Waals surface area contributed by atoms with E-state index >= 15 is 0 Å². The summed E-state index contributed by atoms with van der Waals surface area (Å²) in [4.78, 5) is 0. The van der Waals surface area contributed by atoms with Gasteiger partial charge in [0.15, 0.2) is 0 Å². The van der Waals surface area contributed by atoms with Gasteiger partial charge in [-0.2, -0.15) is 0 Å². The van der Waals surface area contributed by atoms with E-state index in [2.05, 4.69) is 0 Å². The molecular weight excluding hydrogens is 184 g/mol. The predicted molar refractivity (Wildman–Crippen MR) is 49.2 cm³/mol. The lowest BCUT2D eigenvalue weighted by molar-refractivity contribution is 0.0132. The summed E-state index contributed by atoms with van der Waals surface area (Å²) in [5.41, 5.74) is 1.06. The molecule has 0 heterocycles. The van der Waals surface area contributed by atoms with Gasteiger partial charge in [0.25, 0.3) is 0 Å². The van der Waals surface area contributed by atoms with E-state index in [0.717, 1.165) is 0 Å². The number of fused-ring (bicyclic) bond motifs is 1. The molecule has 76 valence electrons. The lowest BCUT2D eigenvalue weighted by Gasteiger charge is -2.26. The maximum absolute atomic E-state index is 9.48. The fourth-order valence-electron chi connectivity index (χ4n) is 1.81. The topological polar surface area (TPSA) is 80.9 Å². The molecule has 0 saturated carbocycles. The van der Waals surface area contributed by atoms with Gasteiger partial charge in [0.05, 0.1) is 12.2 Å². The van der Waals surface area contributed by atoms with Crippen molar-refractivity contribution >= 4 is 0 Å². The second-order valence-corrected chi connectivity index (χ2v) is 3.60. The number of aliphatic hydroxyl groups excluding tert-OH is 2. The molecule has 0 aliphatic heterocycles. The van der Waals surface area contributed by atoms with Crippen molar-refractivity contribution in [1.29, 1.82) is 0 Å². The highest BCUT2D eigenvalue weighted by molar-refractivity contribution is 5.49. The molecule has 0 amide bonds. The Labute approximate surface area is 81.1 Å². The Hall–Kier alpha value is -1.26. The van der Waals surface area contributed by atoms with Crippen LogP contribution < -0.4 is 0 Å². The zero-order chi connectivity index (χ0) is 10.3. The van der Waals surface area contributed by atoms with Gasteiger partial charge in [-0.05, 0) is 12.1 Å². The summed E-state index contributed by atoms with van der Waals surface area (Å²) >= 11 is 0. The van der Waals surface area contributed by atoms with Crippen LogP contribution in [0, 0.1) is 0 Å². The molecule has 2 rings (SSSR count). The average Bonchev–Trinajstić information content (AvgIpc) is 2.15. The molecule has 0 spiro atoms. The van der Waals surface area contributed by atoms with Crippen molar-refractivity contribution in [2.45, 2.75) is 25.0 Å². The molecule has 0 fully saturated rings. The summed E-state index contributed by atoms with van der Waals surface area (Å²) in [5, 5.41) is 37.8. The third-order valence-electron chi connectivity index (χ3n) is 2.65. The Kier molecular flexibility index (Phi) is 2.09. The summed E-state index contributed by atoms with van der Waals surface area (Å²) in [6.07, 6.45) is -1.38. The Morgan fingerprint density at radius 1 is 0.857 bits per heavy atom. The van der Waals surface area contributed by atoms with Gasteiger partial charge in [0.2, 0.25) is 0 Å². The van der Waals surface area contributed by atoms with E-state index in [9.17, 15) is 20.4 Å². The highest BCUT2D eigenvalue weighted by atomic mass is 16.3. The van der Waals surface area contributed by atoms with Crippen LogP contribution in [0.25, 0.3) is 0 Å². The standard InChI is InChI=1S/C10H12O4/c11-7-1-2-8(12)6-4-10(14)9(13)3-5(6)7/h1-2,9-14H,3-4H2/t9-,10-/m0/s1. The number of phenols is 2. The third kappa shape index (κ3) is 1.32. The van der Waals surface area contributed by atoms with Gasteiger partial charge in [-0.3, -0.25) is 0 Å². The van der Waals surface area contributed by atoms with Crippen molar-refractivity contribution in [3.05, 3.63) is 23.3 Å². The molecule has 2 atom stereocenters. The van der Waals surface area contributed by atoms with Crippen LogP contribution in [0.1, 0.15) is 11.1 Å². The molecule has 0 radical (unpaired) electrons. The Morgan fingerprint density at radius 3 is 1.57 bits per heavy atom. The molecule has 0 aromatic heterocycles. The highest BCUT2D eigenvalue weighted by Crippen LogP contribution is 2.34. The second kappa shape index (κ2) is 3.15. The van der Waals surface area contributed by atoms with Gasteiger partial charge in [0, 0.05) is 24.0 Å². The van der Waals surface area contributed by atoms with Crippen LogP contribution in [0.2, 0.25) is 0 Å². The van der Waals surface area contributed by atoms with Crippen LogP contribution in [0.4, 0.5) is 0 Å². The highest BCUT2D eigenvalue weighted by Gasteiger charge is 2.28. The summed E-state index contributed by atoms with van der Waals surface area (Å²) in [7, 11) is 0. The minimum absolute atomic E-state index is 0.0590. The van der Waals surface area contributed by atoms with E-state index < -0.39 is 12.2 Å². The summed E-state index contributed by atoms with van der Waals surface area (Å²) in [6, 6.07) is 2.77. The van der Waals surface area contributed by atoms with Crippen molar-refractivity contribution in [3.8, 4) is 11.5 Å². The van der Waals surface area contributed by atoms with E-state index in [1.807, 2.05) is 0 Å². The predicted octanol–water partition coefficient (Wildman–Crippen LogP) is -0.0818. The van der Waals surface area contributed by atoms with Crippen LogP contribution in [0.3, 0.4) is 0 Å². The van der Waals surface area contributed by atoms with Crippen LogP contribution in [0.15, 0.2) is 12.1 Å². The van der Waals surface area contributed by atoms with Crippen molar-refractivity contribution in [3.63, 3.8) is 0 Å². The van der Waals surface area contributed by atoms with Crippen molar-refractivity contribution < 1.29 is 20.4 Å². The lowest BCUT2D eigenvalue weighted by Crippen LogP contribution is -2.34. The van der Waals surface area contributed by atoms with Gasteiger partial charge in [-0.1, -0.05) is 0 Å². The van der Waals surface area contributed by atoms with Crippen molar-refractivity contribution in [2.24, 2.45) is 0 Å². The van der Waals surface area contributed by atoms with Crippen molar-refractivity contribution in [2.75, 3.05) is 0 Å². The van der Waals surface area contributed by atoms with E-state index in [1.165, 1.54) is 12.1 Å². The van der Waals surface area contributed by atoms with E-state index in [-0.39, 0.29) is 24.3 Å². The van der Waals surface area contributed by atoms with Crippen molar-refractivity contribution in [1.82, 2.24) is 0 Å². The first kappa shape index (κ1) is 9.30. The zero-order valence-electron chi connectivity index (χ0n) is 7.51. The summed E-state index contributed by atoms with van der Waals surface area (Å²) in [5.74, 6) is 0.118. The molecule has 1 aromatic carbocycles. The molecule has 1 aromatic rings. The first-order valence-electron chi connectivity index (χ1n) is 4.48. The van der Waals surface area contributed by atoms with Crippen LogP contribution >= 0.6 is 0 Å². The minimum Gasteiger partial charge on any atom is -0.508 e. The van der Waals surface area contributed by atoms with Gasteiger partial charge < -0.3 is 20.4 Å². The summed E-state index contributed by atoms with van der Waals surface area (Å²) < 4.78 is 0. The maximum Gasteiger partial charge on any atom is 0.119 e. The van der Waals surface area contributed by atoms with Gasteiger partial charge in [0.1, 0.15) is 11.5 Å². The average molecular weight is 196 g/mol. The van der Waals surface area contributed by atoms with Crippen LogP contribution in [-0.2, 0) is 12.8 Å². The van der Waals surface area contributed by atoms with Crippen LogP contribution in [-0.4, -0.2) is 32.6 Å². The number of benzene rings is 1. The number of aliphatic hydroxyl groups is 2. The number of phenolic OH excluding ortho intramolecular Hbond substituents is 2. The first-order valence-corrected chi connectivity index (χ1v) is 4.48. The lowest BCUT2D eigenvalue weighted by atomic mass is 9.86. The molecule has 0 unspecified atom stereocenters. The fourth-order valence-corrected chi connectivity index (χ4v) is 1.81. The van der Waals surface area contributed by atoms with E-state index in [0.29, 0.717) is 11.1 Å². The second-order valence-electron chi connectivity index (χ2n) is 3.60. The molecule has 4 nitrogen and oxygen atoms in total. The van der Waals surface area contributed by atoms with Gasteiger partial charge >= 0.3 is 0 Å². The SMILES string of the molecule is Oc1ccc(O)c2c1C[C@H](O)[C@@H](O)C2. The van der Waals surface area contributed by atoms with Crippen LogP contribution in [0.5, 0.6) is 11.5 Å². The number of hydrogen-bond donors (Lipinski definition) is 4.